The van der Waals surface area contributed by atoms with Gasteiger partial charge in [-0.25, -0.2) is 8.42 Å². The van der Waals surface area contributed by atoms with Crippen molar-refractivity contribution in [3.63, 3.8) is 0 Å². The van der Waals surface area contributed by atoms with E-state index in [0.717, 1.165) is 12.8 Å². The summed E-state index contributed by atoms with van der Waals surface area (Å²) in [6.45, 7) is 0.302. The van der Waals surface area contributed by atoms with Crippen LogP contribution in [-0.2, 0) is 10.1 Å². The maximum Gasteiger partial charge on any atom is 0.0958 e. The molecule has 0 aromatic heterocycles. The lowest BCUT2D eigenvalue weighted by Crippen LogP contribution is -2.30. The van der Waals surface area contributed by atoms with Crippen LogP contribution in [0.15, 0.2) is 0 Å². The predicted octanol–water partition coefficient (Wildman–Crippen LogP) is 0.0638. The molecule has 0 aromatic carbocycles. The number of rotatable bonds is 4. The van der Waals surface area contributed by atoms with Gasteiger partial charge in [-0.1, -0.05) is 12.8 Å². The average molecular weight is 192 g/mol. The van der Waals surface area contributed by atoms with Crippen LogP contribution in [0.5, 0.6) is 0 Å². The minimum absolute atomic E-state index is 0.288. The van der Waals surface area contributed by atoms with Crippen LogP contribution in [0.1, 0.15) is 25.7 Å². The van der Waals surface area contributed by atoms with Crippen molar-refractivity contribution in [2.75, 3.05) is 12.3 Å². The Bertz CT molecular complexity index is 219. The van der Waals surface area contributed by atoms with E-state index in [4.69, 9.17) is 0 Å². The zero-order chi connectivity index (χ0) is 9.03. The van der Waals surface area contributed by atoms with E-state index in [1.807, 2.05) is 0 Å². The number of hydrogen-bond acceptors (Lipinski definition) is 4. The zero-order valence-electron chi connectivity index (χ0n) is 6.95. The minimum atomic E-state index is -4.03. The Hall–Kier alpha value is -0.130. The lowest BCUT2D eigenvalue weighted by atomic mass is 10.2. The molecule has 0 atom stereocenters. The molecular formula is C7H14NO3S-. The molecule has 0 amide bonds. The molecule has 1 aliphatic rings. The fourth-order valence-corrected chi connectivity index (χ4v) is 1.89. The third kappa shape index (κ3) is 4.04. The van der Waals surface area contributed by atoms with Crippen LogP contribution in [0.25, 0.3) is 0 Å². The molecule has 1 rings (SSSR count). The van der Waals surface area contributed by atoms with Crippen molar-refractivity contribution in [3.8, 4) is 0 Å². The Balaban J connectivity index is 2.09. The molecule has 0 aliphatic heterocycles. The summed E-state index contributed by atoms with van der Waals surface area (Å²) in [7, 11) is -4.03. The number of hydrogen-bond donors (Lipinski definition) is 1. The SMILES string of the molecule is O=S(=O)([O-])CCNC1CCCC1. The Morgan fingerprint density at radius 3 is 2.42 bits per heavy atom. The highest BCUT2D eigenvalue weighted by Gasteiger charge is 2.13. The summed E-state index contributed by atoms with van der Waals surface area (Å²) >= 11 is 0. The molecule has 1 N–H and O–H groups in total. The van der Waals surface area contributed by atoms with Crippen LogP contribution < -0.4 is 5.32 Å². The maximum atomic E-state index is 10.2. The first-order valence-electron chi connectivity index (χ1n) is 4.25. The molecule has 0 unspecified atom stereocenters. The second-order valence-corrected chi connectivity index (χ2v) is 4.72. The van der Waals surface area contributed by atoms with Gasteiger partial charge in [0.15, 0.2) is 0 Å². The van der Waals surface area contributed by atoms with Crippen LogP contribution in [0.4, 0.5) is 0 Å². The van der Waals surface area contributed by atoms with Gasteiger partial charge in [-0.2, -0.15) is 0 Å². The van der Waals surface area contributed by atoms with Crippen LogP contribution in [-0.4, -0.2) is 31.3 Å². The van der Waals surface area contributed by atoms with Crippen molar-refractivity contribution < 1.29 is 13.0 Å². The van der Waals surface area contributed by atoms with Crippen molar-refractivity contribution in [2.45, 2.75) is 31.7 Å². The van der Waals surface area contributed by atoms with Crippen LogP contribution in [0.2, 0.25) is 0 Å². The summed E-state index contributed by atoms with van der Waals surface area (Å²) in [6.07, 6.45) is 4.64. The van der Waals surface area contributed by atoms with E-state index in [1.54, 1.807) is 0 Å². The molecule has 1 aliphatic carbocycles. The van der Waals surface area contributed by atoms with Gasteiger partial charge in [0.2, 0.25) is 0 Å². The monoisotopic (exact) mass is 192 g/mol. The van der Waals surface area contributed by atoms with Gasteiger partial charge in [0.1, 0.15) is 0 Å². The van der Waals surface area contributed by atoms with E-state index < -0.39 is 10.1 Å². The second kappa shape index (κ2) is 4.20. The molecule has 5 heteroatoms. The maximum absolute atomic E-state index is 10.2. The van der Waals surface area contributed by atoms with Crippen LogP contribution >= 0.6 is 0 Å². The van der Waals surface area contributed by atoms with E-state index in [1.165, 1.54) is 12.8 Å². The summed E-state index contributed by atoms with van der Waals surface area (Å²) in [5, 5.41) is 3.06. The summed E-state index contributed by atoms with van der Waals surface area (Å²) in [5.74, 6) is -0.288. The normalized spacial score (nSPS) is 20.1. The van der Waals surface area contributed by atoms with Gasteiger partial charge in [-0.3, -0.25) is 0 Å². The third-order valence-electron chi connectivity index (χ3n) is 2.14. The average Bonchev–Trinajstić information content (AvgIpc) is 2.36. The molecule has 72 valence electrons. The van der Waals surface area contributed by atoms with Gasteiger partial charge in [0, 0.05) is 12.6 Å². The Morgan fingerprint density at radius 1 is 1.33 bits per heavy atom. The topological polar surface area (TPSA) is 69.2 Å². The van der Waals surface area contributed by atoms with E-state index in [0.29, 0.717) is 12.6 Å². The van der Waals surface area contributed by atoms with Gasteiger partial charge in [-0.15, -0.1) is 0 Å². The largest absolute Gasteiger partial charge is 0.748 e. The molecule has 4 nitrogen and oxygen atoms in total. The number of nitrogens with one attached hydrogen (secondary N) is 1. The molecule has 1 saturated carbocycles. The molecular weight excluding hydrogens is 178 g/mol. The van der Waals surface area contributed by atoms with E-state index >= 15 is 0 Å². The summed E-state index contributed by atoms with van der Waals surface area (Å²) < 4.78 is 30.6. The molecule has 1 fully saturated rings. The lowest BCUT2D eigenvalue weighted by Gasteiger charge is -2.12. The van der Waals surface area contributed by atoms with Crippen molar-refractivity contribution in [3.05, 3.63) is 0 Å². The van der Waals surface area contributed by atoms with E-state index in [9.17, 15) is 13.0 Å². The second-order valence-electron chi connectivity index (χ2n) is 3.20. The minimum Gasteiger partial charge on any atom is -0.748 e. The highest BCUT2D eigenvalue weighted by molar-refractivity contribution is 7.85. The quantitative estimate of drug-likeness (QED) is 0.640. The fourth-order valence-electron chi connectivity index (χ4n) is 1.52. The molecule has 0 heterocycles. The van der Waals surface area contributed by atoms with Crippen LogP contribution in [0.3, 0.4) is 0 Å². The van der Waals surface area contributed by atoms with E-state index in [-0.39, 0.29) is 5.75 Å². The molecule has 0 bridgehead atoms. The first-order valence-corrected chi connectivity index (χ1v) is 5.82. The highest BCUT2D eigenvalue weighted by atomic mass is 32.2. The third-order valence-corrected chi connectivity index (χ3v) is 2.84. The molecule has 0 spiro atoms. The lowest BCUT2D eigenvalue weighted by molar-refractivity contribution is 0.456. The summed E-state index contributed by atoms with van der Waals surface area (Å²) in [6, 6.07) is 0.437. The molecule has 0 radical (unpaired) electrons. The zero-order valence-corrected chi connectivity index (χ0v) is 7.77. The highest BCUT2D eigenvalue weighted by Crippen LogP contribution is 2.17. The van der Waals surface area contributed by atoms with Crippen molar-refractivity contribution >= 4 is 10.1 Å². The van der Waals surface area contributed by atoms with Gasteiger partial charge in [-0.05, 0) is 12.8 Å². The van der Waals surface area contributed by atoms with Crippen molar-refractivity contribution in [2.24, 2.45) is 0 Å². The smallest absolute Gasteiger partial charge is 0.0958 e. The first-order chi connectivity index (χ1) is 5.58. The first kappa shape index (κ1) is 9.95. The Morgan fingerprint density at radius 2 is 1.92 bits per heavy atom. The Kier molecular flexibility index (Phi) is 3.49. The van der Waals surface area contributed by atoms with Gasteiger partial charge in [0.25, 0.3) is 0 Å². The van der Waals surface area contributed by atoms with Gasteiger partial charge < -0.3 is 9.87 Å². The Labute approximate surface area is 73.1 Å². The van der Waals surface area contributed by atoms with Crippen molar-refractivity contribution in [1.29, 1.82) is 0 Å². The van der Waals surface area contributed by atoms with Crippen molar-refractivity contribution in [1.82, 2.24) is 5.32 Å². The van der Waals surface area contributed by atoms with E-state index in [2.05, 4.69) is 5.32 Å². The van der Waals surface area contributed by atoms with Gasteiger partial charge in [0.05, 0.1) is 15.9 Å². The molecule has 0 aromatic rings. The standard InChI is InChI=1S/C7H15NO3S/c9-12(10,11)6-5-8-7-3-1-2-4-7/h7-8H,1-6H2,(H,9,10,11)/p-1. The van der Waals surface area contributed by atoms with Crippen LogP contribution in [0, 0.1) is 0 Å². The summed E-state index contributed by atoms with van der Waals surface area (Å²) in [5.41, 5.74) is 0. The molecule has 12 heavy (non-hydrogen) atoms. The summed E-state index contributed by atoms with van der Waals surface area (Å²) in [4.78, 5) is 0. The van der Waals surface area contributed by atoms with Gasteiger partial charge >= 0.3 is 0 Å². The fraction of sp³-hybridized carbons (Fsp3) is 1.00. The molecule has 0 saturated heterocycles. The predicted molar refractivity (Wildman–Crippen MR) is 44.8 cm³/mol.